The predicted octanol–water partition coefficient (Wildman–Crippen LogP) is 2.37. The Balaban J connectivity index is 1.44. The van der Waals surface area contributed by atoms with E-state index in [1.165, 1.54) is 18.2 Å². The molecule has 2 aromatic carbocycles. The highest BCUT2D eigenvalue weighted by Crippen LogP contribution is 2.21. The Kier molecular flexibility index (Phi) is 5.72. The highest BCUT2D eigenvalue weighted by Gasteiger charge is 2.27. The van der Waals surface area contributed by atoms with Crippen LogP contribution < -0.4 is 10.6 Å². The molecule has 0 radical (unpaired) electrons. The zero-order valence-corrected chi connectivity index (χ0v) is 17.2. The topological polar surface area (TPSA) is 107 Å². The van der Waals surface area contributed by atoms with E-state index in [0.717, 1.165) is 15.9 Å². The van der Waals surface area contributed by atoms with Gasteiger partial charge in [0.1, 0.15) is 5.82 Å². The molecule has 0 unspecified atom stereocenters. The lowest BCUT2D eigenvalue weighted by molar-refractivity contribution is -0.129. The first-order valence-corrected chi connectivity index (χ1v) is 9.95. The molecule has 0 saturated carbocycles. The molecule has 1 aliphatic heterocycles. The molecule has 10 heteroatoms. The van der Waals surface area contributed by atoms with Crippen molar-refractivity contribution >= 4 is 52.0 Å². The molecule has 30 heavy (non-hydrogen) atoms. The maximum atomic E-state index is 12.6. The molecule has 0 aliphatic carbocycles. The van der Waals surface area contributed by atoms with Gasteiger partial charge >= 0.3 is 0 Å². The third-order valence-electron chi connectivity index (χ3n) is 4.71. The molecular formula is C20H17Cl2N5O3. The summed E-state index contributed by atoms with van der Waals surface area (Å²) in [6.07, 6.45) is 0. The minimum atomic E-state index is -0.473. The molecular weight excluding hydrogens is 429 g/mol. The van der Waals surface area contributed by atoms with Gasteiger partial charge in [0.2, 0.25) is 5.91 Å². The molecule has 1 fully saturated rings. The van der Waals surface area contributed by atoms with Crippen LogP contribution in [0.2, 0.25) is 10.0 Å². The fourth-order valence-corrected chi connectivity index (χ4v) is 3.61. The highest BCUT2D eigenvalue weighted by molar-refractivity contribution is 6.34. The van der Waals surface area contributed by atoms with Crippen molar-refractivity contribution in [2.75, 3.05) is 19.6 Å². The number of rotatable bonds is 4. The van der Waals surface area contributed by atoms with Crippen LogP contribution in [-0.2, 0) is 11.3 Å². The monoisotopic (exact) mass is 445 g/mol. The second-order valence-electron chi connectivity index (χ2n) is 6.75. The molecule has 2 heterocycles. The van der Waals surface area contributed by atoms with Gasteiger partial charge in [-0.05, 0) is 36.4 Å². The summed E-state index contributed by atoms with van der Waals surface area (Å²) in [5.74, 6) is -0.570. The van der Waals surface area contributed by atoms with Gasteiger partial charge in [-0.25, -0.2) is 4.98 Å². The molecule has 154 valence electrons. The van der Waals surface area contributed by atoms with Gasteiger partial charge < -0.3 is 15.6 Å². The lowest BCUT2D eigenvalue weighted by Gasteiger charge is -2.25. The lowest BCUT2D eigenvalue weighted by Crippen LogP contribution is -2.50. The van der Waals surface area contributed by atoms with Crippen LogP contribution in [0.5, 0.6) is 0 Å². The molecule has 0 atom stereocenters. The van der Waals surface area contributed by atoms with Gasteiger partial charge in [-0.2, -0.15) is 0 Å². The molecule has 1 saturated heterocycles. The van der Waals surface area contributed by atoms with E-state index in [1.807, 2.05) is 0 Å². The fourth-order valence-electron chi connectivity index (χ4n) is 3.18. The number of halogens is 2. The maximum absolute atomic E-state index is 12.6. The summed E-state index contributed by atoms with van der Waals surface area (Å²) >= 11 is 12.2. The van der Waals surface area contributed by atoms with Crippen molar-refractivity contribution < 1.29 is 14.4 Å². The minimum Gasteiger partial charge on any atom is -0.345 e. The number of carbonyl (C=O) groups is 3. The van der Waals surface area contributed by atoms with Gasteiger partial charge in [-0.15, -0.1) is 0 Å². The first kappa shape index (κ1) is 20.3. The Hall–Kier alpha value is -2.94. The Labute approximate surface area is 181 Å². The zero-order chi connectivity index (χ0) is 21.3. The van der Waals surface area contributed by atoms with E-state index in [2.05, 4.69) is 20.6 Å². The molecule has 4 rings (SSSR count). The Morgan fingerprint density at radius 1 is 1.17 bits per heavy atom. The highest BCUT2D eigenvalue weighted by atomic mass is 35.5. The van der Waals surface area contributed by atoms with Crippen molar-refractivity contribution in [2.24, 2.45) is 0 Å². The van der Waals surface area contributed by atoms with E-state index >= 15 is 0 Å². The molecule has 1 aliphatic rings. The zero-order valence-electron chi connectivity index (χ0n) is 15.7. The number of H-pyrrole nitrogens is 1. The lowest BCUT2D eigenvalue weighted by atomic mass is 10.1. The van der Waals surface area contributed by atoms with Gasteiger partial charge in [0.15, 0.2) is 0 Å². The second-order valence-corrected chi connectivity index (χ2v) is 7.59. The Morgan fingerprint density at radius 3 is 2.77 bits per heavy atom. The van der Waals surface area contributed by atoms with Crippen molar-refractivity contribution in [1.29, 1.82) is 0 Å². The van der Waals surface area contributed by atoms with Crippen LogP contribution in [0.1, 0.15) is 26.5 Å². The number of aromatic nitrogens is 2. The molecule has 3 aromatic rings. The van der Waals surface area contributed by atoms with Crippen molar-refractivity contribution in [1.82, 2.24) is 25.5 Å². The van der Waals surface area contributed by atoms with E-state index in [1.54, 1.807) is 18.2 Å². The number of benzene rings is 2. The summed E-state index contributed by atoms with van der Waals surface area (Å²) in [7, 11) is 0. The van der Waals surface area contributed by atoms with Gasteiger partial charge in [0.05, 0.1) is 34.7 Å². The number of fused-ring (bicyclic) bond motifs is 1. The maximum Gasteiger partial charge on any atom is 0.262 e. The number of nitrogens with zero attached hydrogens (tertiary/aromatic N) is 2. The SMILES string of the molecule is O=C(NCc1nc2ccc(Cl)cc2[nH]1)c1ccc(C(=O)N2CCNCC2=O)c(Cl)c1. The van der Waals surface area contributed by atoms with E-state index in [-0.39, 0.29) is 42.0 Å². The van der Waals surface area contributed by atoms with Crippen LogP contribution in [-0.4, -0.2) is 52.2 Å². The third-order valence-corrected chi connectivity index (χ3v) is 5.25. The van der Waals surface area contributed by atoms with Crippen LogP contribution in [0, 0.1) is 0 Å². The normalized spacial score (nSPS) is 14.2. The standard InChI is InChI=1S/C20H17Cl2N5O3/c21-12-2-4-15-16(8-12)26-17(25-15)9-24-19(29)11-1-3-13(14(22)7-11)20(30)27-6-5-23-10-18(27)28/h1-4,7-8,23H,5-6,9-10H2,(H,24,29)(H,25,26). The number of nitrogens with one attached hydrogen (secondary N) is 3. The van der Waals surface area contributed by atoms with Crippen LogP contribution in [0.4, 0.5) is 0 Å². The first-order valence-electron chi connectivity index (χ1n) is 9.19. The third kappa shape index (κ3) is 4.16. The summed E-state index contributed by atoms with van der Waals surface area (Å²) in [4.78, 5) is 45.6. The molecule has 3 N–H and O–H groups in total. The number of imidazole rings is 1. The number of amides is 3. The van der Waals surface area contributed by atoms with Gasteiger partial charge in [-0.1, -0.05) is 23.2 Å². The summed E-state index contributed by atoms with van der Waals surface area (Å²) in [5.41, 5.74) is 2.00. The number of aromatic amines is 1. The van der Waals surface area contributed by atoms with E-state index in [9.17, 15) is 14.4 Å². The summed E-state index contributed by atoms with van der Waals surface area (Å²) in [5, 5.41) is 6.36. The first-order chi connectivity index (χ1) is 14.4. The molecule has 0 bridgehead atoms. The van der Waals surface area contributed by atoms with Crippen LogP contribution in [0.3, 0.4) is 0 Å². The van der Waals surface area contributed by atoms with E-state index in [0.29, 0.717) is 23.0 Å². The van der Waals surface area contributed by atoms with Crippen LogP contribution in [0.15, 0.2) is 36.4 Å². The number of imide groups is 1. The van der Waals surface area contributed by atoms with Gasteiger partial charge in [-0.3, -0.25) is 19.3 Å². The number of carbonyl (C=O) groups excluding carboxylic acids is 3. The number of hydrogen-bond donors (Lipinski definition) is 3. The Morgan fingerprint density at radius 2 is 2.00 bits per heavy atom. The van der Waals surface area contributed by atoms with Gasteiger partial charge in [0.25, 0.3) is 11.8 Å². The van der Waals surface area contributed by atoms with Crippen molar-refractivity contribution in [2.45, 2.75) is 6.54 Å². The van der Waals surface area contributed by atoms with Crippen molar-refractivity contribution in [3.05, 3.63) is 63.4 Å². The molecule has 3 amide bonds. The van der Waals surface area contributed by atoms with Gasteiger partial charge in [0, 0.05) is 23.7 Å². The summed E-state index contributed by atoms with van der Waals surface area (Å²) in [6, 6.07) is 9.66. The summed E-state index contributed by atoms with van der Waals surface area (Å²) < 4.78 is 0. The average molecular weight is 446 g/mol. The Bertz CT molecular complexity index is 1160. The number of piperazine rings is 1. The van der Waals surface area contributed by atoms with Crippen molar-refractivity contribution in [3.8, 4) is 0 Å². The van der Waals surface area contributed by atoms with E-state index in [4.69, 9.17) is 23.2 Å². The number of hydrogen-bond acceptors (Lipinski definition) is 5. The molecule has 1 aromatic heterocycles. The predicted molar refractivity (Wildman–Crippen MR) is 113 cm³/mol. The largest absolute Gasteiger partial charge is 0.345 e. The minimum absolute atomic E-state index is 0.109. The average Bonchev–Trinajstić information content (AvgIpc) is 3.13. The van der Waals surface area contributed by atoms with E-state index < -0.39 is 5.91 Å². The quantitative estimate of drug-likeness (QED) is 0.534. The fraction of sp³-hybridized carbons (Fsp3) is 0.200. The molecule has 0 spiro atoms. The van der Waals surface area contributed by atoms with Crippen LogP contribution in [0.25, 0.3) is 11.0 Å². The smallest absolute Gasteiger partial charge is 0.262 e. The van der Waals surface area contributed by atoms with Crippen molar-refractivity contribution in [3.63, 3.8) is 0 Å². The molecule has 8 nitrogen and oxygen atoms in total. The van der Waals surface area contributed by atoms with Crippen LogP contribution >= 0.6 is 23.2 Å². The summed E-state index contributed by atoms with van der Waals surface area (Å²) in [6.45, 7) is 1.10. The second kappa shape index (κ2) is 8.43.